The van der Waals surface area contributed by atoms with Crippen LogP contribution in [0.2, 0.25) is 0 Å². The number of carbonyl (C=O) groups is 3. The molecule has 0 spiro atoms. The summed E-state index contributed by atoms with van der Waals surface area (Å²) in [7, 11) is 0. The molecule has 0 radical (unpaired) electrons. The van der Waals surface area contributed by atoms with Gasteiger partial charge in [-0.05, 0) is 37.6 Å². The Hall–Kier alpha value is -3.39. The lowest BCUT2D eigenvalue weighted by molar-refractivity contribution is -0.371. The van der Waals surface area contributed by atoms with Crippen molar-refractivity contribution in [3.05, 3.63) is 51.6 Å². The molecule has 0 aromatic heterocycles. The molecule has 4 atom stereocenters. The molecule has 1 fully saturated rings. The number of aliphatic hydroxyl groups excluding tert-OH is 3. The van der Waals surface area contributed by atoms with E-state index < -0.39 is 60.3 Å². The average molecular weight is 504 g/mol. The SMILES string of the molecule is CC(=O)Oc1cc(CO)c2c(c1)C(=O)c1cc(OC3OC(C)C(O)C(O)(O)C3O)c(C)c(O)c1C2=O. The van der Waals surface area contributed by atoms with Crippen LogP contribution in [-0.4, -0.2) is 78.6 Å². The van der Waals surface area contributed by atoms with Crippen molar-refractivity contribution in [2.24, 2.45) is 0 Å². The number of ether oxygens (including phenoxy) is 3. The zero-order valence-corrected chi connectivity index (χ0v) is 19.4. The first-order valence-corrected chi connectivity index (χ1v) is 10.8. The van der Waals surface area contributed by atoms with Gasteiger partial charge in [-0.25, -0.2) is 0 Å². The summed E-state index contributed by atoms with van der Waals surface area (Å²) in [5.74, 6) is -6.10. The molecule has 2 aliphatic rings. The Morgan fingerprint density at radius 1 is 1.06 bits per heavy atom. The van der Waals surface area contributed by atoms with E-state index in [4.69, 9.17) is 14.2 Å². The van der Waals surface area contributed by atoms with E-state index in [1.54, 1.807) is 0 Å². The maximum absolute atomic E-state index is 13.4. The molecule has 36 heavy (non-hydrogen) atoms. The van der Waals surface area contributed by atoms with Crippen LogP contribution < -0.4 is 9.47 Å². The van der Waals surface area contributed by atoms with Gasteiger partial charge in [-0.3, -0.25) is 14.4 Å². The van der Waals surface area contributed by atoms with Crippen LogP contribution in [0.15, 0.2) is 18.2 Å². The predicted molar refractivity (Wildman–Crippen MR) is 118 cm³/mol. The monoisotopic (exact) mass is 504 g/mol. The number of rotatable bonds is 4. The van der Waals surface area contributed by atoms with Crippen LogP contribution in [-0.2, 0) is 16.1 Å². The van der Waals surface area contributed by atoms with E-state index in [1.807, 2.05) is 0 Å². The summed E-state index contributed by atoms with van der Waals surface area (Å²) < 4.78 is 15.9. The number of hydrogen-bond donors (Lipinski definition) is 6. The van der Waals surface area contributed by atoms with E-state index in [0.717, 1.165) is 13.0 Å². The Kier molecular flexibility index (Phi) is 6.37. The molecule has 0 saturated carbocycles. The Morgan fingerprint density at radius 2 is 1.69 bits per heavy atom. The molecule has 12 heteroatoms. The smallest absolute Gasteiger partial charge is 0.308 e. The fraction of sp³-hybridized carbons (Fsp3) is 0.375. The Morgan fingerprint density at radius 3 is 2.31 bits per heavy atom. The van der Waals surface area contributed by atoms with Crippen molar-refractivity contribution in [2.75, 3.05) is 0 Å². The predicted octanol–water partition coefficient (Wildman–Crippen LogP) is -0.580. The van der Waals surface area contributed by atoms with Crippen LogP contribution in [0.5, 0.6) is 17.2 Å². The summed E-state index contributed by atoms with van der Waals surface area (Å²) in [6, 6.07) is 3.53. The third-order valence-electron chi connectivity index (χ3n) is 6.24. The first-order chi connectivity index (χ1) is 16.8. The molecular weight excluding hydrogens is 480 g/mol. The summed E-state index contributed by atoms with van der Waals surface area (Å²) in [4.78, 5) is 38.1. The molecule has 0 bridgehead atoms. The molecule has 1 saturated heterocycles. The molecule has 2 aromatic carbocycles. The van der Waals surface area contributed by atoms with Crippen molar-refractivity contribution < 1.29 is 59.2 Å². The minimum Gasteiger partial charge on any atom is -0.507 e. The maximum atomic E-state index is 13.4. The number of carbonyl (C=O) groups excluding carboxylic acids is 3. The van der Waals surface area contributed by atoms with Crippen LogP contribution in [0.4, 0.5) is 0 Å². The van der Waals surface area contributed by atoms with Gasteiger partial charge >= 0.3 is 5.97 Å². The Bertz CT molecular complexity index is 1280. The van der Waals surface area contributed by atoms with Gasteiger partial charge in [0.15, 0.2) is 17.7 Å². The van der Waals surface area contributed by atoms with E-state index in [9.17, 15) is 45.0 Å². The molecule has 1 aliphatic heterocycles. The van der Waals surface area contributed by atoms with Crippen molar-refractivity contribution in [3.63, 3.8) is 0 Å². The third kappa shape index (κ3) is 3.93. The van der Waals surface area contributed by atoms with Gasteiger partial charge in [0.2, 0.25) is 12.1 Å². The van der Waals surface area contributed by atoms with Crippen LogP contribution in [0.1, 0.15) is 56.8 Å². The van der Waals surface area contributed by atoms with Crippen molar-refractivity contribution in [1.29, 1.82) is 0 Å². The lowest BCUT2D eigenvalue weighted by Crippen LogP contribution is -2.66. The normalized spacial score (nSPS) is 24.7. The maximum Gasteiger partial charge on any atom is 0.308 e. The molecule has 12 nitrogen and oxygen atoms in total. The average Bonchev–Trinajstić information content (AvgIpc) is 2.81. The standard InChI is InChI=1S/C24H24O12/c1-8-15(36-23-22(31)24(32,33)21(30)9(2)34-23)6-14-17(18(8)27)20(29)16-11(7-25)4-12(35-10(3)26)5-13(16)19(14)28/h4-6,9,21-23,25,27,30-33H,7H2,1-3H3. The lowest BCUT2D eigenvalue weighted by atomic mass is 9.80. The van der Waals surface area contributed by atoms with Gasteiger partial charge in [0.1, 0.15) is 23.4 Å². The van der Waals surface area contributed by atoms with Crippen molar-refractivity contribution in [2.45, 2.75) is 57.8 Å². The minimum atomic E-state index is -2.98. The summed E-state index contributed by atoms with van der Waals surface area (Å²) in [5.41, 5.74) is -0.990. The molecule has 1 heterocycles. The second kappa shape index (κ2) is 8.92. The fourth-order valence-electron chi connectivity index (χ4n) is 4.31. The van der Waals surface area contributed by atoms with Crippen molar-refractivity contribution in [3.8, 4) is 17.2 Å². The molecule has 6 N–H and O–H groups in total. The number of benzene rings is 2. The molecule has 4 rings (SSSR count). The number of phenols is 1. The molecular formula is C24H24O12. The van der Waals surface area contributed by atoms with Gasteiger partial charge in [0.05, 0.1) is 18.3 Å². The summed E-state index contributed by atoms with van der Waals surface area (Å²) in [5, 5.41) is 60.9. The van der Waals surface area contributed by atoms with E-state index in [0.29, 0.717) is 0 Å². The van der Waals surface area contributed by atoms with Crippen LogP contribution in [0.3, 0.4) is 0 Å². The number of hydrogen-bond acceptors (Lipinski definition) is 12. The molecule has 0 amide bonds. The highest BCUT2D eigenvalue weighted by Gasteiger charge is 2.54. The number of esters is 1. The first-order valence-electron chi connectivity index (χ1n) is 10.8. The fourth-order valence-corrected chi connectivity index (χ4v) is 4.31. The van der Waals surface area contributed by atoms with Crippen molar-refractivity contribution in [1.82, 2.24) is 0 Å². The minimum absolute atomic E-state index is 0.0126. The molecule has 4 unspecified atom stereocenters. The summed E-state index contributed by atoms with van der Waals surface area (Å²) in [6.45, 7) is 3.15. The highest BCUT2D eigenvalue weighted by atomic mass is 16.7. The molecule has 1 aliphatic carbocycles. The van der Waals surface area contributed by atoms with E-state index in [2.05, 4.69) is 0 Å². The second-order valence-electron chi connectivity index (χ2n) is 8.69. The highest BCUT2D eigenvalue weighted by molar-refractivity contribution is 6.30. The summed E-state index contributed by atoms with van der Waals surface area (Å²) in [6.07, 6.45) is -6.90. The van der Waals surface area contributed by atoms with Crippen LogP contribution >= 0.6 is 0 Å². The quantitative estimate of drug-likeness (QED) is 0.150. The van der Waals surface area contributed by atoms with Gasteiger partial charge in [-0.15, -0.1) is 0 Å². The van der Waals surface area contributed by atoms with Crippen LogP contribution in [0, 0.1) is 6.92 Å². The largest absolute Gasteiger partial charge is 0.507 e. The first kappa shape index (κ1) is 25.7. The highest BCUT2D eigenvalue weighted by Crippen LogP contribution is 2.42. The Balaban J connectivity index is 1.80. The zero-order valence-electron chi connectivity index (χ0n) is 19.4. The van der Waals surface area contributed by atoms with Gasteiger partial charge in [0.25, 0.3) is 0 Å². The lowest BCUT2D eigenvalue weighted by Gasteiger charge is -2.43. The van der Waals surface area contributed by atoms with Gasteiger partial charge in [-0.1, -0.05) is 0 Å². The number of phenolic OH excluding ortho intramolecular Hbond substituents is 1. The summed E-state index contributed by atoms with van der Waals surface area (Å²) >= 11 is 0. The number of aliphatic hydroxyl groups is 5. The number of aromatic hydroxyl groups is 1. The van der Waals surface area contributed by atoms with E-state index in [-0.39, 0.29) is 44.9 Å². The van der Waals surface area contributed by atoms with Gasteiger partial charge < -0.3 is 44.8 Å². The van der Waals surface area contributed by atoms with Crippen molar-refractivity contribution >= 4 is 17.5 Å². The van der Waals surface area contributed by atoms with E-state index in [1.165, 1.54) is 26.0 Å². The third-order valence-corrected chi connectivity index (χ3v) is 6.24. The van der Waals surface area contributed by atoms with Gasteiger partial charge in [0, 0.05) is 29.2 Å². The number of fused-ring (bicyclic) bond motifs is 2. The zero-order chi connectivity index (χ0) is 26.7. The second-order valence-corrected chi connectivity index (χ2v) is 8.69. The Labute approximate surface area is 203 Å². The number of ketones is 2. The molecule has 192 valence electrons. The topological polar surface area (TPSA) is 200 Å². The van der Waals surface area contributed by atoms with Crippen LogP contribution in [0.25, 0.3) is 0 Å². The van der Waals surface area contributed by atoms with E-state index >= 15 is 0 Å². The van der Waals surface area contributed by atoms with Gasteiger partial charge in [-0.2, -0.15) is 0 Å². The molecule has 2 aromatic rings.